The summed E-state index contributed by atoms with van der Waals surface area (Å²) in [6.07, 6.45) is 0. The van der Waals surface area contributed by atoms with Crippen LogP contribution in [0.1, 0.15) is 31.1 Å². The molecule has 0 aliphatic carbocycles. The van der Waals surface area contributed by atoms with Crippen molar-refractivity contribution < 1.29 is 9.53 Å². The van der Waals surface area contributed by atoms with Gasteiger partial charge in [-0.15, -0.1) is 0 Å². The largest absolute Gasteiger partial charge is 0.490 e. The molecule has 3 nitrogen and oxygen atoms in total. The molecule has 0 spiro atoms. The quantitative estimate of drug-likeness (QED) is 0.698. The summed E-state index contributed by atoms with van der Waals surface area (Å²) in [6.45, 7) is 7.36. The smallest absolute Gasteiger partial charge is 0.168 e. The molecule has 0 radical (unpaired) electrons. The van der Waals surface area contributed by atoms with E-state index in [0.717, 1.165) is 23.5 Å². The van der Waals surface area contributed by atoms with Crippen molar-refractivity contribution >= 4 is 11.5 Å². The third-order valence-corrected chi connectivity index (χ3v) is 3.00. The zero-order valence-corrected chi connectivity index (χ0v) is 10.9. The number of anilines is 1. The molecule has 17 heavy (non-hydrogen) atoms. The summed E-state index contributed by atoms with van der Waals surface area (Å²) in [6, 6.07) is 5.71. The van der Waals surface area contributed by atoms with E-state index < -0.39 is 0 Å². The fourth-order valence-electron chi connectivity index (χ4n) is 1.93. The van der Waals surface area contributed by atoms with E-state index in [1.165, 1.54) is 0 Å². The minimum Gasteiger partial charge on any atom is -0.490 e. The van der Waals surface area contributed by atoms with Crippen molar-refractivity contribution in [2.75, 3.05) is 25.1 Å². The van der Waals surface area contributed by atoms with E-state index in [0.29, 0.717) is 6.61 Å². The summed E-state index contributed by atoms with van der Waals surface area (Å²) in [5.74, 6) is 0.964. The number of hydrogen-bond acceptors (Lipinski definition) is 3. The highest BCUT2D eigenvalue weighted by Gasteiger charge is 2.24. The monoisotopic (exact) mass is 233 g/mol. The van der Waals surface area contributed by atoms with Crippen LogP contribution in [-0.2, 0) is 0 Å². The SMILES string of the molecule is CN1CCOc2cc(C(=O)C(C)(C)C)ccc21. The zero-order valence-electron chi connectivity index (χ0n) is 10.9. The maximum atomic E-state index is 12.2. The van der Waals surface area contributed by atoms with Gasteiger partial charge in [0.15, 0.2) is 5.78 Å². The lowest BCUT2D eigenvalue weighted by molar-refractivity contribution is 0.0858. The number of Topliss-reactive ketones (excluding diaryl/α,β-unsaturated/α-hetero) is 1. The summed E-state index contributed by atoms with van der Waals surface area (Å²) < 4.78 is 5.60. The first-order valence-corrected chi connectivity index (χ1v) is 5.92. The first-order chi connectivity index (χ1) is 7.89. The molecule has 0 aromatic heterocycles. The highest BCUT2D eigenvalue weighted by molar-refractivity contribution is 6.00. The number of carbonyl (C=O) groups excluding carboxylic acids is 1. The molecule has 3 heteroatoms. The molecule has 1 aromatic rings. The van der Waals surface area contributed by atoms with Gasteiger partial charge in [-0.05, 0) is 18.2 Å². The molecule has 0 bridgehead atoms. The number of carbonyl (C=O) groups is 1. The summed E-state index contributed by atoms with van der Waals surface area (Å²) >= 11 is 0. The maximum absolute atomic E-state index is 12.2. The number of nitrogens with zero attached hydrogens (tertiary/aromatic N) is 1. The zero-order chi connectivity index (χ0) is 12.6. The standard InChI is InChI=1S/C14H19NO2/c1-14(2,3)13(16)10-5-6-11-12(9-10)17-8-7-15(11)4/h5-6,9H,7-8H2,1-4H3. The Balaban J connectivity index is 2.37. The van der Waals surface area contributed by atoms with E-state index in [1.54, 1.807) is 0 Å². The molecule has 1 heterocycles. The number of likely N-dealkylation sites (N-methyl/N-ethyl adjacent to an activating group) is 1. The number of hydrogen-bond donors (Lipinski definition) is 0. The summed E-state index contributed by atoms with van der Waals surface area (Å²) in [7, 11) is 2.03. The van der Waals surface area contributed by atoms with Crippen LogP contribution in [-0.4, -0.2) is 26.0 Å². The Labute approximate surface area is 102 Å². The van der Waals surface area contributed by atoms with Gasteiger partial charge in [0.05, 0.1) is 12.2 Å². The van der Waals surface area contributed by atoms with Crippen LogP contribution in [0.25, 0.3) is 0 Å². The highest BCUT2D eigenvalue weighted by atomic mass is 16.5. The van der Waals surface area contributed by atoms with E-state index >= 15 is 0 Å². The van der Waals surface area contributed by atoms with E-state index in [2.05, 4.69) is 4.90 Å². The van der Waals surface area contributed by atoms with Crippen LogP contribution in [0.4, 0.5) is 5.69 Å². The fourth-order valence-corrected chi connectivity index (χ4v) is 1.93. The summed E-state index contributed by atoms with van der Waals surface area (Å²) in [5.41, 5.74) is 1.43. The number of rotatable bonds is 1. The minimum atomic E-state index is -0.352. The molecule has 0 fully saturated rings. The first kappa shape index (κ1) is 12.0. The van der Waals surface area contributed by atoms with Gasteiger partial charge in [0, 0.05) is 18.0 Å². The molecule has 0 saturated heterocycles. The predicted molar refractivity (Wildman–Crippen MR) is 69.0 cm³/mol. The highest BCUT2D eigenvalue weighted by Crippen LogP contribution is 2.33. The average molecular weight is 233 g/mol. The Morgan fingerprint density at radius 3 is 2.71 bits per heavy atom. The van der Waals surface area contributed by atoms with Crippen LogP contribution >= 0.6 is 0 Å². The van der Waals surface area contributed by atoms with Gasteiger partial charge in [-0.3, -0.25) is 4.79 Å². The molecule has 1 aromatic carbocycles. The van der Waals surface area contributed by atoms with Crippen molar-refractivity contribution in [3.05, 3.63) is 23.8 Å². The molecule has 1 aliphatic heterocycles. The van der Waals surface area contributed by atoms with Crippen LogP contribution in [0, 0.1) is 5.41 Å². The molecular formula is C14H19NO2. The minimum absolute atomic E-state index is 0.150. The molecule has 0 unspecified atom stereocenters. The van der Waals surface area contributed by atoms with Gasteiger partial charge in [0.1, 0.15) is 12.4 Å². The number of ether oxygens (including phenoxy) is 1. The molecule has 0 N–H and O–H groups in total. The van der Waals surface area contributed by atoms with Gasteiger partial charge in [-0.2, -0.15) is 0 Å². The number of ketones is 1. The van der Waals surface area contributed by atoms with Crippen LogP contribution in [0.5, 0.6) is 5.75 Å². The Kier molecular flexibility index (Phi) is 2.86. The van der Waals surface area contributed by atoms with Crippen LogP contribution in [0.2, 0.25) is 0 Å². The molecule has 0 saturated carbocycles. The van der Waals surface area contributed by atoms with Gasteiger partial charge < -0.3 is 9.64 Å². The lowest BCUT2D eigenvalue weighted by Crippen LogP contribution is -2.29. The predicted octanol–water partition coefficient (Wildman–Crippen LogP) is 2.74. The van der Waals surface area contributed by atoms with E-state index in [-0.39, 0.29) is 11.2 Å². The molecular weight excluding hydrogens is 214 g/mol. The summed E-state index contributed by atoms with van der Waals surface area (Å²) in [5, 5.41) is 0. The van der Waals surface area contributed by atoms with Gasteiger partial charge >= 0.3 is 0 Å². The second-order valence-electron chi connectivity index (χ2n) is 5.53. The summed E-state index contributed by atoms with van der Waals surface area (Å²) in [4.78, 5) is 14.3. The van der Waals surface area contributed by atoms with E-state index in [4.69, 9.17) is 4.74 Å². The Hall–Kier alpha value is -1.51. The third-order valence-electron chi connectivity index (χ3n) is 3.00. The molecule has 0 amide bonds. The van der Waals surface area contributed by atoms with Gasteiger partial charge in [-0.1, -0.05) is 20.8 Å². The van der Waals surface area contributed by atoms with Gasteiger partial charge in [0.25, 0.3) is 0 Å². The number of benzene rings is 1. The molecule has 1 aliphatic rings. The van der Waals surface area contributed by atoms with Crippen LogP contribution < -0.4 is 9.64 Å². The van der Waals surface area contributed by atoms with Crippen molar-refractivity contribution in [3.8, 4) is 5.75 Å². The van der Waals surface area contributed by atoms with Crippen molar-refractivity contribution in [2.24, 2.45) is 5.41 Å². The van der Waals surface area contributed by atoms with Gasteiger partial charge in [0.2, 0.25) is 0 Å². The number of fused-ring (bicyclic) bond motifs is 1. The molecule has 92 valence electrons. The topological polar surface area (TPSA) is 29.5 Å². The van der Waals surface area contributed by atoms with Crippen molar-refractivity contribution in [1.29, 1.82) is 0 Å². The lowest BCUT2D eigenvalue weighted by atomic mass is 9.86. The fraction of sp³-hybridized carbons (Fsp3) is 0.500. The third kappa shape index (κ3) is 2.28. The normalized spacial score (nSPS) is 15.2. The molecule has 0 atom stereocenters. The Bertz CT molecular complexity index is 446. The van der Waals surface area contributed by atoms with Crippen molar-refractivity contribution in [3.63, 3.8) is 0 Å². The second kappa shape index (κ2) is 4.06. The van der Waals surface area contributed by atoms with E-state index in [9.17, 15) is 4.79 Å². The van der Waals surface area contributed by atoms with Gasteiger partial charge in [-0.25, -0.2) is 0 Å². The Morgan fingerprint density at radius 2 is 2.06 bits per heavy atom. The van der Waals surface area contributed by atoms with Crippen LogP contribution in [0.3, 0.4) is 0 Å². The maximum Gasteiger partial charge on any atom is 0.168 e. The van der Waals surface area contributed by atoms with Crippen molar-refractivity contribution in [1.82, 2.24) is 0 Å². The van der Waals surface area contributed by atoms with E-state index in [1.807, 2.05) is 46.0 Å². The lowest BCUT2D eigenvalue weighted by Gasteiger charge is -2.28. The Morgan fingerprint density at radius 1 is 1.35 bits per heavy atom. The van der Waals surface area contributed by atoms with Crippen molar-refractivity contribution in [2.45, 2.75) is 20.8 Å². The molecule has 2 rings (SSSR count). The average Bonchev–Trinajstić information content (AvgIpc) is 2.26. The second-order valence-corrected chi connectivity index (χ2v) is 5.53. The first-order valence-electron chi connectivity index (χ1n) is 5.92. The van der Waals surface area contributed by atoms with Crippen LogP contribution in [0.15, 0.2) is 18.2 Å².